The second kappa shape index (κ2) is 4.69. The Morgan fingerprint density at radius 2 is 2.00 bits per heavy atom. The predicted molar refractivity (Wildman–Crippen MR) is 48.2 cm³/mol. The molecular formula is C9H14O6. The number of carbonyl (C=O) groups excluding carboxylic acids is 1. The highest BCUT2D eigenvalue weighted by Crippen LogP contribution is 2.23. The molecule has 0 radical (unpaired) electrons. The summed E-state index contributed by atoms with van der Waals surface area (Å²) in [6.07, 6.45) is -2.88. The number of Topliss-reactive ketones (excluding diaryl/α,β-unsaturated/α-hetero) is 1. The number of aliphatic hydroxyl groups excluding tert-OH is 2. The number of hydrogen-bond donors (Lipinski definition) is 3. The Kier molecular flexibility index (Phi) is 3.78. The van der Waals surface area contributed by atoms with Gasteiger partial charge in [0.2, 0.25) is 5.78 Å². The van der Waals surface area contributed by atoms with Crippen LogP contribution in [0.15, 0.2) is 0 Å². The van der Waals surface area contributed by atoms with Crippen LogP contribution >= 0.6 is 0 Å². The molecule has 0 spiro atoms. The topological polar surface area (TPSA) is 104 Å². The van der Waals surface area contributed by atoms with Crippen molar-refractivity contribution in [2.45, 2.75) is 31.7 Å². The summed E-state index contributed by atoms with van der Waals surface area (Å²) in [5.74, 6) is -2.92. The fraction of sp³-hybridized carbons (Fsp3) is 0.778. The SMILES string of the molecule is CC1C(CC(=O)C(=O)O)OCC(O)C1O. The number of aliphatic carboxylic acids is 1. The van der Waals surface area contributed by atoms with E-state index in [0.29, 0.717) is 0 Å². The first kappa shape index (κ1) is 12.1. The van der Waals surface area contributed by atoms with Gasteiger partial charge in [0, 0.05) is 12.3 Å². The minimum Gasteiger partial charge on any atom is -0.475 e. The number of ketones is 1. The van der Waals surface area contributed by atoms with Crippen molar-refractivity contribution in [2.24, 2.45) is 5.92 Å². The summed E-state index contributed by atoms with van der Waals surface area (Å²) >= 11 is 0. The zero-order valence-electron chi connectivity index (χ0n) is 8.29. The minimum atomic E-state index is -1.51. The van der Waals surface area contributed by atoms with E-state index in [1.165, 1.54) is 0 Å². The number of hydrogen-bond acceptors (Lipinski definition) is 5. The van der Waals surface area contributed by atoms with Gasteiger partial charge in [-0.1, -0.05) is 6.92 Å². The van der Waals surface area contributed by atoms with Crippen LogP contribution in [0.2, 0.25) is 0 Å². The van der Waals surface area contributed by atoms with E-state index in [9.17, 15) is 19.8 Å². The first-order chi connectivity index (χ1) is 6.93. The third kappa shape index (κ3) is 2.74. The largest absolute Gasteiger partial charge is 0.475 e. The lowest BCUT2D eigenvalue weighted by molar-refractivity contribution is -0.164. The molecule has 4 unspecified atom stereocenters. The minimum absolute atomic E-state index is 0.0803. The molecule has 1 aliphatic rings. The van der Waals surface area contributed by atoms with E-state index in [1.54, 1.807) is 6.92 Å². The van der Waals surface area contributed by atoms with E-state index in [2.05, 4.69) is 0 Å². The van der Waals surface area contributed by atoms with Gasteiger partial charge in [0.15, 0.2) is 0 Å². The summed E-state index contributed by atoms with van der Waals surface area (Å²) in [6, 6.07) is 0. The molecule has 0 aromatic carbocycles. The number of carbonyl (C=O) groups is 2. The number of rotatable bonds is 3. The highest BCUT2D eigenvalue weighted by Gasteiger charge is 2.37. The van der Waals surface area contributed by atoms with Crippen molar-refractivity contribution >= 4 is 11.8 Å². The van der Waals surface area contributed by atoms with Gasteiger partial charge >= 0.3 is 5.97 Å². The molecule has 15 heavy (non-hydrogen) atoms. The van der Waals surface area contributed by atoms with Gasteiger partial charge in [0.25, 0.3) is 0 Å². The van der Waals surface area contributed by atoms with Gasteiger partial charge < -0.3 is 20.1 Å². The Labute approximate surface area is 86.5 Å². The second-order valence-corrected chi connectivity index (χ2v) is 3.72. The Balaban J connectivity index is 2.56. The summed E-state index contributed by atoms with van der Waals surface area (Å²) in [7, 11) is 0. The monoisotopic (exact) mass is 218 g/mol. The van der Waals surface area contributed by atoms with Crippen LogP contribution in [0, 0.1) is 5.92 Å². The lowest BCUT2D eigenvalue weighted by atomic mass is 9.89. The van der Waals surface area contributed by atoms with Gasteiger partial charge in [-0.15, -0.1) is 0 Å². The smallest absolute Gasteiger partial charge is 0.372 e. The van der Waals surface area contributed by atoms with Crippen LogP contribution in [0.5, 0.6) is 0 Å². The summed E-state index contributed by atoms with van der Waals surface area (Å²) in [5, 5.41) is 27.1. The van der Waals surface area contributed by atoms with Crippen molar-refractivity contribution in [3.05, 3.63) is 0 Å². The molecule has 4 atom stereocenters. The van der Waals surface area contributed by atoms with Crippen LogP contribution in [-0.2, 0) is 14.3 Å². The highest BCUT2D eigenvalue weighted by atomic mass is 16.5. The molecule has 1 aliphatic heterocycles. The van der Waals surface area contributed by atoms with Crippen LogP contribution in [-0.4, -0.2) is 52.0 Å². The molecule has 86 valence electrons. The van der Waals surface area contributed by atoms with Crippen molar-refractivity contribution in [1.29, 1.82) is 0 Å². The third-order valence-electron chi connectivity index (χ3n) is 2.63. The van der Waals surface area contributed by atoms with Gasteiger partial charge in [-0.25, -0.2) is 4.79 Å². The molecule has 0 aliphatic carbocycles. The van der Waals surface area contributed by atoms with E-state index in [0.717, 1.165) is 0 Å². The third-order valence-corrected chi connectivity index (χ3v) is 2.63. The summed E-state index contributed by atoms with van der Waals surface area (Å²) in [4.78, 5) is 21.2. The summed E-state index contributed by atoms with van der Waals surface area (Å²) in [6.45, 7) is 1.52. The highest BCUT2D eigenvalue weighted by molar-refractivity contribution is 6.32. The molecule has 0 bridgehead atoms. The second-order valence-electron chi connectivity index (χ2n) is 3.72. The lowest BCUT2D eigenvalue weighted by Gasteiger charge is -2.35. The van der Waals surface area contributed by atoms with Crippen molar-refractivity contribution < 1.29 is 29.6 Å². The van der Waals surface area contributed by atoms with E-state index in [-0.39, 0.29) is 13.0 Å². The molecular weight excluding hydrogens is 204 g/mol. The van der Waals surface area contributed by atoms with Crippen molar-refractivity contribution in [3.63, 3.8) is 0 Å². The number of carboxylic acid groups (broad SMARTS) is 1. The van der Waals surface area contributed by atoms with Crippen LogP contribution in [0.3, 0.4) is 0 Å². The standard InChI is InChI=1S/C9H14O6/c1-4-7(2-5(10)9(13)14)15-3-6(11)8(4)12/h4,6-8,11-12H,2-3H2,1H3,(H,13,14). The molecule has 0 aromatic rings. The molecule has 0 saturated carbocycles. The van der Waals surface area contributed by atoms with E-state index in [1.807, 2.05) is 0 Å². The van der Waals surface area contributed by atoms with E-state index < -0.39 is 36.0 Å². The van der Waals surface area contributed by atoms with Crippen molar-refractivity contribution in [3.8, 4) is 0 Å². The van der Waals surface area contributed by atoms with Crippen molar-refractivity contribution in [1.82, 2.24) is 0 Å². The number of aliphatic hydroxyl groups is 2. The fourth-order valence-corrected chi connectivity index (χ4v) is 1.56. The predicted octanol–water partition coefficient (Wildman–Crippen LogP) is -1.21. The first-order valence-corrected chi connectivity index (χ1v) is 4.67. The van der Waals surface area contributed by atoms with Crippen LogP contribution in [0.4, 0.5) is 0 Å². The Hall–Kier alpha value is -0.980. The average Bonchev–Trinajstić information content (AvgIpc) is 2.18. The Morgan fingerprint density at radius 3 is 2.53 bits per heavy atom. The molecule has 0 aromatic heterocycles. The van der Waals surface area contributed by atoms with Gasteiger partial charge in [0.1, 0.15) is 6.10 Å². The zero-order chi connectivity index (χ0) is 11.6. The molecule has 0 amide bonds. The Morgan fingerprint density at radius 1 is 1.40 bits per heavy atom. The molecule has 1 fully saturated rings. The van der Waals surface area contributed by atoms with Crippen LogP contribution in [0.1, 0.15) is 13.3 Å². The van der Waals surface area contributed by atoms with Gasteiger partial charge in [-0.2, -0.15) is 0 Å². The molecule has 1 heterocycles. The maximum Gasteiger partial charge on any atom is 0.372 e. The molecule has 6 heteroatoms. The zero-order valence-corrected chi connectivity index (χ0v) is 8.29. The average molecular weight is 218 g/mol. The molecule has 3 N–H and O–H groups in total. The van der Waals surface area contributed by atoms with Crippen LogP contribution < -0.4 is 0 Å². The summed E-state index contributed by atoms with van der Waals surface area (Å²) < 4.78 is 5.10. The van der Waals surface area contributed by atoms with Gasteiger partial charge in [-0.3, -0.25) is 4.79 Å². The first-order valence-electron chi connectivity index (χ1n) is 4.67. The maximum atomic E-state index is 10.9. The number of ether oxygens (including phenoxy) is 1. The summed E-state index contributed by atoms with van der Waals surface area (Å²) in [5.41, 5.74) is 0. The molecule has 1 saturated heterocycles. The van der Waals surface area contributed by atoms with E-state index >= 15 is 0 Å². The van der Waals surface area contributed by atoms with Gasteiger partial charge in [0.05, 0.1) is 18.8 Å². The molecule has 6 nitrogen and oxygen atoms in total. The van der Waals surface area contributed by atoms with Crippen LogP contribution in [0.25, 0.3) is 0 Å². The quantitative estimate of drug-likeness (QED) is 0.513. The van der Waals surface area contributed by atoms with Gasteiger partial charge in [-0.05, 0) is 0 Å². The normalized spacial score (nSPS) is 36.2. The van der Waals surface area contributed by atoms with Crippen molar-refractivity contribution in [2.75, 3.05) is 6.61 Å². The fourth-order valence-electron chi connectivity index (χ4n) is 1.56. The lowest BCUT2D eigenvalue weighted by Crippen LogP contribution is -2.48. The Bertz CT molecular complexity index is 263. The molecule has 1 rings (SSSR count). The number of carboxylic acids is 1. The van der Waals surface area contributed by atoms with E-state index in [4.69, 9.17) is 9.84 Å². The maximum absolute atomic E-state index is 10.9.